The maximum atomic E-state index is 12.4. The fourth-order valence-corrected chi connectivity index (χ4v) is 4.66. The van der Waals surface area contributed by atoms with Crippen LogP contribution in [0.5, 0.6) is 5.75 Å². The lowest BCUT2D eigenvalue weighted by Gasteiger charge is -2.33. The van der Waals surface area contributed by atoms with Crippen molar-refractivity contribution < 1.29 is 22.4 Å². The van der Waals surface area contributed by atoms with E-state index in [2.05, 4.69) is 0 Å². The summed E-state index contributed by atoms with van der Waals surface area (Å²) < 4.78 is 36.1. The molecule has 1 aromatic carbocycles. The van der Waals surface area contributed by atoms with E-state index in [0.717, 1.165) is 36.0 Å². The van der Waals surface area contributed by atoms with E-state index in [-0.39, 0.29) is 12.5 Å². The van der Waals surface area contributed by atoms with E-state index in [4.69, 9.17) is 9.15 Å². The molecule has 1 aliphatic heterocycles. The Labute approximate surface area is 158 Å². The molecule has 1 aliphatic carbocycles. The molecule has 0 N–H and O–H groups in total. The van der Waals surface area contributed by atoms with Crippen LogP contribution in [0.1, 0.15) is 24.2 Å². The minimum Gasteiger partial charge on any atom is -0.484 e. The van der Waals surface area contributed by atoms with Crippen LogP contribution in [0.25, 0.3) is 11.0 Å². The van der Waals surface area contributed by atoms with Crippen LogP contribution < -0.4 is 4.74 Å². The number of sulfonamides is 1. The van der Waals surface area contributed by atoms with E-state index in [1.54, 1.807) is 4.90 Å². The van der Waals surface area contributed by atoms with E-state index in [9.17, 15) is 13.2 Å². The van der Waals surface area contributed by atoms with E-state index >= 15 is 0 Å². The first-order valence-corrected chi connectivity index (χ1v) is 11.2. The average molecular weight is 392 g/mol. The van der Waals surface area contributed by atoms with Gasteiger partial charge in [0, 0.05) is 43.5 Å². The molecule has 0 radical (unpaired) electrons. The number of furan rings is 1. The molecule has 7 nitrogen and oxygen atoms in total. The van der Waals surface area contributed by atoms with Gasteiger partial charge in [0.15, 0.2) is 6.61 Å². The summed E-state index contributed by atoms with van der Waals surface area (Å²) in [5.41, 5.74) is 2.14. The summed E-state index contributed by atoms with van der Waals surface area (Å²) in [7, 11) is -3.20. The topological polar surface area (TPSA) is 80.1 Å². The molecule has 0 saturated carbocycles. The minimum atomic E-state index is -3.20. The second kappa shape index (κ2) is 7.16. The maximum absolute atomic E-state index is 12.4. The molecule has 1 fully saturated rings. The molecule has 2 aromatic rings. The monoisotopic (exact) mass is 392 g/mol. The first-order chi connectivity index (χ1) is 12.9. The number of fused-ring (bicyclic) bond motifs is 3. The highest BCUT2D eigenvalue weighted by Gasteiger charge is 2.26. The number of benzene rings is 1. The van der Waals surface area contributed by atoms with Crippen molar-refractivity contribution in [1.82, 2.24) is 9.21 Å². The van der Waals surface area contributed by atoms with Gasteiger partial charge in [0.2, 0.25) is 10.0 Å². The van der Waals surface area contributed by atoms with Crippen LogP contribution in [0.2, 0.25) is 0 Å². The first kappa shape index (κ1) is 18.3. The van der Waals surface area contributed by atoms with Crippen molar-refractivity contribution in [3.63, 3.8) is 0 Å². The third kappa shape index (κ3) is 3.82. The normalized spacial score (nSPS) is 18.5. The molecule has 2 heterocycles. The lowest BCUT2D eigenvalue weighted by atomic mass is 9.96. The summed E-state index contributed by atoms with van der Waals surface area (Å²) >= 11 is 0. The fourth-order valence-electron chi connectivity index (χ4n) is 3.84. The van der Waals surface area contributed by atoms with E-state index in [1.807, 2.05) is 18.2 Å². The number of nitrogens with zero attached hydrogens (tertiary/aromatic N) is 2. The number of carbonyl (C=O) groups is 1. The number of aryl methyl sites for hydroxylation is 2. The number of piperazine rings is 1. The maximum Gasteiger partial charge on any atom is 0.260 e. The van der Waals surface area contributed by atoms with Crippen molar-refractivity contribution >= 4 is 26.9 Å². The number of ether oxygens (including phenoxy) is 1. The number of rotatable bonds is 4. The lowest BCUT2D eigenvalue weighted by molar-refractivity contribution is -0.134. The molecule has 8 heteroatoms. The average Bonchev–Trinajstić information content (AvgIpc) is 3.03. The molecule has 1 saturated heterocycles. The lowest BCUT2D eigenvalue weighted by Crippen LogP contribution is -2.51. The smallest absolute Gasteiger partial charge is 0.260 e. The van der Waals surface area contributed by atoms with E-state index < -0.39 is 10.0 Å². The zero-order valence-corrected chi connectivity index (χ0v) is 16.3. The standard InChI is InChI=1S/C19H24N2O5S/c1-27(23,24)21-10-8-20(9-11-21)19(22)13-25-14-6-7-18-16(12-14)15-4-2-3-5-17(15)26-18/h6-7,12H,2-5,8-11,13H2,1H3. The molecule has 1 aromatic heterocycles. The quantitative estimate of drug-likeness (QED) is 0.793. The number of amides is 1. The van der Waals surface area contributed by atoms with Crippen molar-refractivity contribution in [1.29, 1.82) is 0 Å². The summed E-state index contributed by atoms with van der Waals surface area (Å²) in [5, 5.41) is 1.08. The second-order valence-electron chi connectivity index (χ2n) is 7.20. The Balaban J connectivity index is 1.38. The van der Waals surface area contributed by atoms with Gasteiger partial charge in [-0.1, -0.05) is 0 Å². The zero-order valence-electron chi connectivity index (χ0n) is 15.4. The molecular formula is C19H24N2O5S. The van der Waals surface area contributed by atoms with Crippen LogP contribution in [0.4, 0.5) is 0 Å². The van der Waals surface area contributed by atoms with Gasteiger partial charge in [-0.25, -0.2) is 8.42 Å². The van der Waals surface area contributed by atoms with Gasteiger partial charge in [0.1, 0.15) is 17.1 Å². The van der Waals surface area contributed by atoms with Crippen LogP contribution in [0.3, 0.4) is 0 Å². The Morgan fingerprint density at radius 3 is 2.63 bits per heavy atom. The van der Waals surface area contributed by atoms with Crippen LogP contribution >= 0.6 is 0 Å². The third-order valence-corrected chi connectivity index (χ3v) is 6.65. The van der Waals surface area contributed by atoms with Gasteiger partial charge in [-0.2, -0.15) is 4.31 Å². The summed E-state index contributed by atoms with van der Waals surface area (Å²) in [6.07, 6.45) is 5.54. The van der Waals surface area contributed by atoms with E-state index in [0.29, 0.717) is 31.9 Å². The summed E-state index contributed by atoms with van der Waals surface area (Å²) in [5.74, 6) is 1.60. The largest absolute Gasteiger partial charge is 0.484 e. The molecule has 2 aliphatic rings. The number of hydrogen-bond donors (Lipinski definition) is 0. The predicted molar refractivity (Wildman–Crippen MR) is 101 cm³/mol. The number of hydrogen-bond acceptors (Lipinski definition) is 5. The summed E-state index contributed by atoms with van der Waals surface area (Å²) in [6.45, 7) is 1.40. The van der Waals surface area contributed by atoms with Gasteiger partial charge >= 0.3 is 0 Å². The Bertz CT molecular complexity index is 958. The predicted octanol–water partition coefficient (Wildman–Crippen LogP) is 1.79. The van der Waals surface area contributed by atoms with Crippen LogP contribution in [-0.4, -0.2) is 62.6 Å². The molecule has 1 amide bonds. The summed E-state index contributed by atoms with van der Waals surface area (Å²) in [6, 6.07) is 5.68. The molecule has 4 rings (SSSR count). The Hall–Kier alpha value is -2.06. The van der Waals surface area contributed by atoms with Gasteiger partial charge in [-0.3, -0.25) is 4.79 Å². The van der Waals surface area contributed by atoms with Gasteiger partial charge in [0.25, 0.3) is 5.91 Å². The first-order valence-electron chi connectivity index (χ1n) is 9.32. The zero-order chi connectivity index (χ0) is 19.0. The third-order valence-electron chi connectivity index (χ3n) is 5.35. The molecular weight excluding hydrogens is 368 g/mol. The van der Waals surface area contributed by atoms with Crippen molar-refractivity contribution in [2.75, 3.05) is 39.0 Å². The molecule has 0 atom stereocenters. The van der Waals surface area contributed by atoms with Crippen molar-refractivity contribution in [3.05, 3.63) is 29.5 Å². The fraction of sp³-hybridized carbons (Fsp3) is 0.526. The van der Waals surface area contributed by atoms with Crippen molar-refractivity contribution in [3.8, 4) is 5.75 Å². The Kier molecular flexibility index (Phi) is 4.86. The van der Waals surface area contributed by atoms with Crippen molar-refractivity contribution in [2.45, 2.75) is 25.7 Å². The SMILES string of the molecule is CS(=O)(=O)N1CCN(C(=O)COc2ccc3oc4c(c3c2)CCCC4)CC1. The molecule has 0 bridgehead atoms. The van der Waals surface area contributed by atoms with Gasteiger partial charge in [-0.05, 0) is 37.5 Å². The molecule has 0 unspecified atom stereocenters. The molecule has 27 heavy (non-hydrogen) atoms. The van der Waals surface area contributed by atoms with Crippen LogP contribution in [-0.2, 0) is 27.7 Å². The Morgan fingerprint density at radius 1 is 1.15 bits per heavy atom. The highest BCUT2D eigenvalue weighted by molar-refractivity contribution is 7.88. The van der Waals surface area contributed by atoms with Gasteiger partial charge < -0.3 is 14.1 Å². The highest BCUT2D eigenvalue weighted by Crippen LogP contribution is 2.33. The van der Waals surface area contributed by atoms with Gasteiger partial charge in [-0.15, -0.1) is 0 Å². The number of carbonyl (C=O) groups excluding carboxylic acids is 1. The summed E-state index contributed by atoms with van der Waals surface area (Å²) in [4.78, 5) is 14.0. The highest BCUT2D eigenvalue weighted by atomic mass is 32.2. The van der Waals surface area contributed by atoms with Crippen LogP contribution in [0.15, 0.2) is 22.6 Å². The molecule has 146 valence electrons. The second-order valence-corrected chi connectivity index (χ2v) is 9.18. The Morgan fingerprint density at radius 2 is 1.89 bits per heavy atom. The van der Waals surface area contributed by atoms with E-state index in [1.165, 1.54) is 22.5 Å². The van der Waals surface area contributed by atoms with Crippen LogP contribution in [0, 0.1) is 0 Å². The minimum absolute atomic E-state index is 0.0512. The van der Waals surface area contributed by atoms with Crippen molar-refractivity contribution in [2.24, 2.45) is 0 Å². The molecule has 0 spiro atoms. The van der Waals surface area contributed by atoms with Gasteiger partial charge in [0.05, 0.1) is 6.26 Å².